The van der Waals surface area contributed by atoms with Crippen LogP contribution >= 0.6 is 11.6 Å². The lowest BCUT2D eigenvalue weighted by molar-refractivity contribution is -0.111. The molecule has 4 rings (SSSR count). The summed E-state index contributed by atoms with van der Waals surface area (Å²) in [6.45, 7) is 10.3. The van der Waals surface area contributed by atoms with E-state index in [0.29, 0.717) is 28.1 Å². The minimum absolute atomic E-state index is 0.307. The molecule has 10 heteroatoms. The summed E-state index contributed by atoms with van der Waals surface area (Å²) in [7, 11) is 7.65. The van der Waals surface area contributed by atoms with Crippen LogP contribution < -0.4 is 20.3 Å². The predicted octanol–water partition coefficient (Wildman–Crippen LogP) is 5.86. The fraction of sp³-hybridized carbons (Fsp3) is 0.300. The van der Waals surface area contributed by atoms with E-state index in [2.05, 4.69) is 65.2 Å². The molecule has 40 heavy (non-hydrogen) atoms. The molecule has 0 saturated heterocycles. The van der Waals surface area contributed by atoms with E-state index >= 15 is 0 Å². The number of anilines is 4. The summed E-state index contributed by atoms with van der Waals surface area (Å²) in [4.78, 5) is 25.8. The second-order valence-corrected chi connectivity index (χ2v) is 10.2. The average molecular weight is 562 g/mol. The third kappa shape index (κ3) is 6.21. The molecular formula is C30H36ClN7O2. The quantitative estimate of drug-likeness (QED) is 0.222. The number of carbonyl (C=O) groups is 1. The number of fused-ring (bicyclic) bond motifs is 1. The van der Waals surface area contributed by atoms with Crippen LogP contribution in [0.25, 0.3) is 22.2 Å². The number of rotatable bonds is 11. The maximum atomic E-state index is 12.3. The standard InChI is InChI=1S/C30H36ClN7O2/c1-8-28(39)33-24-16-25(27(40-7)17-26(24)37(5)13-12-36(4)9-2)35-30-32-11-10-23(34-30)20-14-21-19(3)18-38(6)29(21)22(31)15-20/h8,10-11,14-18H,1,9,12-13H2,2-7H3,(H,33,39)(H,32,34,35). The van der Waals surface area contributed by atoms with Gasteiger partial charge in [-0.05, 0) is 56.4 Å². The highest BCUT2D eigenvalue weighted by Gasteiger charge is 2.17. The molecule has 0 aliphatic carbocycles. The number of nitrogens with one attached hydrogen (secondary N) is 2. The summed E-state index contributed by atoms with van der Waals surface area (Å²) in [5.41, 5.74) is 5.77. The third-order valence-corrected chi connectivity index (χ3v) is 7.24. The zero-order chi connectivity index (χ0) is 29.0. The van der Waals surface area contributed by atoms with Crippen molar-refractivity contribution < 1.29 is 9.53 Å². The zero-order valence-corrected chi connectivity index (χ0v) is 24.6. The first-order valence-electron chi connectivity index (χ1n) is 13.1. The van der Waals surface area contributed by atoms with Crippen molar-refractivity contribution >= 4 is 51.4 Å². The van der Waals surface area contributed by atoms with Crippen LogP contribution in [0.15, 0.2) is 55.4 Å². The molecule has 0 spiro atoms. The van der Waals surface area contributed by atoms with E-state index < -0.39 is 0 Å². The van der Waals surface area contributed by atoms with E-state index in [1.807, 2.05) is 42.9 Å². The van der Waals surface area contributed by atoms with E-state index in [1.165, 1.54) is 6.08 Å². The second-order valence-electron chi connectivity index (χ2n) is 9.75. The highest BCUT2D eigenvalue weighted by molar-refractivity contribution is 6.35. The molecule has 0 unspecified atom stereocenters. The summed E-state index contributed by atoms with van der Waals surface area (Å²) in [5.74, 6) is 0.655. The van der Waals surface area contributed by atoms with Crippen LogP contribution in [0, 0.1) is 6.92 Å². The number of aryl methyl sites for hydroxylation is 2. The summed E-state index contributed by atoms with van der Waals surface area (Å²) in [5, 5.41) is 7.93. The lowest BCUT2D eigenvalue weighted by atomic mass is 10.1. The lowest BCUT2D eigenvalue weighted by Crippen LogP contribution is -2.31. The maximum absolute atomic E-state index is 12.3. The second kappa shape index (κ2) is 12.4. The number of halogens is 1. The van der Waals surface area contributed by atoms with E-state index in [4.69, 9.17) is 21.3 Å². The number of hydrogen-bond donors (Lipinski definition) is 2. The molecule has 1 amide bonds. The summed E-state index contributed by atoms with van der Waals surface area (Å²) < 4.78 is 7.76. The van der Waals surface area contributed by atoms with Crippen molar-refractivity contribution in [2.75, 3.05) is 56.4 Å². The molecular weight excluding hydrogens is 526 g/mol. The smallest absolute Gasteiger partial charge is 0.247 e. The van der Waals surface area contributed by atoms with Gasteiger partial charge in [-0.2, -0.15) is 0 Å². The average Bonchev–Trinajstić information content (AvgIpc) is 3.24. The van der Waals surface area contributed by atoms with Gasteiger partial charge in [-0.15, -0.1) is 0 Å². The van der Waals surface area contributed by atoms with Crippen LogP contribution in [0.1, 0.15) is 12.5 Å². The van der Waals surface area contributed by atoms with Crippen molar-refractivity contribution in [3.63, 3.8) is 0 Å². The topological polar surface area (TPSA) is 87.5 Å². The molecule has 2 heterocycles. The Morgan fingerprint density at radius 2 is 1.98 bits per heavy atom. The zero-order valence-electron chi connectivity index (χ0n) is 23.9. The maximum Gasteiger partial charge on any atom is 0.247 e. The number of benzene rings is 2. The largest absolute Gasteiger partial charge is 0.494 e. The van der Waals surface area contributed by atoms with Crippen LogP contribution in [0.4, 0.5) is 23.0 Å². The van der Waals surface area contributed by atoms with Crippen molar-refractivity contribution in [2.45, 2.75) is 13.8 Å². The highest BCUT2D eigenvalue weighted by atomic mass is 35.5. The molecule has 0 aliphatic heterocycles. The predicted molar refractivity (Wildman–Crippen MR) is 165 cm³/mol. The van der Waals surface area contributed by atoms with Gasteiger partial charge in [0.05, 0.1) is 40.4 Å². The van der Waals surface area contributed by atoms with Gasteiger partial charge < -0.3 is 29.7 Å². The molecule has 0 fully saturated rings. The monoisotopic (exact) mass is 561 g/mol. The van der Waals surface area contributed by atoms with Crippen molar-refractivity contribution in [1.82, 2.24) is 19.4 Å². The minimum atomic E-state index is -0.307. The molecule has 0 bridgehead atoms. The first kappa shape index (κ1) is 28.9. The van der Waals surface area contributed by atoms with Crippen LogP contribution in [0.2, 0.25) is 5.02 Å². The molecule has 4 aromatic rings. The van der Waals surface area contributed by atoms with E-state index in [-0.39, 0.29) is 5.91 Å². The first-order chi connectivity index (χ1) is 19.1. The molecule has 2 aromatic heterocycles. The van der Waals surface area contributed by atoms with Gasteiger partial charge in [0.1, 0.15) is 5.75 Å². The van der Waals surface area contributed by atoms with E-state index in [9.17, 15) is 4.79 Å². The Morgan fingerprint density at radius 1 is 1.20 bits per heavy atom. The molecule has 2 N–H and O–H groups in total. The third-order valence-electron chi connectivity index (χ3n) is 6.96. The van der Waals surface area contributed by atoms with Crippen LogP contribution in [-0.2, 0) is 11.8 Å². The van der Waals surface area contributed by atoms with Gasteiger partial charge in [0.2, 0.25) is 11.9 Å². The number of aromatic nitrogens is 3. The van der Waals surface area contributed by atoms with Crippen molar-refractivity contribution in [3.05, 3.63) is 66.0 Å². The summed E-state index contributed by atoms with van der Waals surface area (Å²) in [6.07, 6.45) is 5.00. The molecule has 210 valence electrons. The number of ether oxygens (including phenoxy) is 1. The minimum Gasteiger partial charge on any atom is -0.494 e. The Balaban J connectivity index is 1.69. The number of carbonyl (C=O) groups excluding carboxylic acids is 1. The number of hydrogen-bond acceptors (Lipinski definition) is 7. The Bertz CT molecular complexity index is 1550. The first-order valence-corrected chi connectivity index (χ1v) is 13.4. The molecule has 0 radical (unpaired) electrons. The van der Waals surface area contributed by atoms with Crippen LogP contribution in [-0.4, -0.2) is 66.2 Å². The normalized spacial score (nSPS) is 11.1. The molecule has 0 saturated carbocycles. The van der Waals surface area contributed by atoms with Gasteiger partial charge in [0.15, 0.2) is 0 Å². The fourth-order valence-electron chi connectivity index (χ4n) is 4.57. The number of likely N-dealkylation sites (N-methyl/N-ethyl adjacent to an activating group) is 2. The van der Waals surface area contributed by atoms with Gasteiger partial charge in [-0.3, -0.25) is 4.79 Å². The molecule has 0 atom stereocenters. The van der Waals surface area contributed by atoms with Crippen LogP contribution in [0.5, 0.6) is 5.75 Å². The van der Waals surface area contributed by atoms with Gasteiger partial charge in [-0.1, -0.05) is 25.1 Å². The van der Waals surface area contributed by atoms with E-state index in [1.54, 1.807) is 13.3 Å². The Hall–Kier alpha value is -4.08. The summed E-state index contributed by atoms with van der Waals surface area (Å²) in [6, 6.07) is 9.57. The Kier molecular flexibility index (Phi) is 8.96. The Morgan fingerprint density at radius 3 is 2.67 bits per heavy atom. The number of amides is 1. The lowest BCUT2D eigenvalue weighted by Gasteiger charge is -2.26. The van der Waals surface area contributed by atoms with Gasteiger partial charge >= 0.3 is 0 Å². The van der Waals surface area contributed by atoms with Crippen molar-refractivity contribution in [1.29, 1.82) is 0 Å². The Labute approximate surface area is 240 Å². The molecule has 0 aliphatic rings. The van der Waals surface area contributed by atoms with E-state index in [0.717, 1.165) is 53.0 Å². The SMILES string of the molecule is C=CC(=O)Nc1cc(Nc2nccc(-c3cc(Cl)c4c(c3)c(C)cn4C)n2)c(OC)cc1N(C)CCN(C)CC. The van der Waals surface area contributed by atoms with Crippen LogP contribution in [0.3, 0.4) is 0 Å². The van der Waals surface area contributed by atoms with Crippen molar-refractivity contribution in [3.8, 4) is 17.0 Å². The number of methoxy groups -OCH3 is 1. The highest BCUT2D eigenvalue weighted by Crippen LogP contribution is 2.38. The number of nitrogens with zero attached hydrogens (tertiary/aromatic N) is 5. The fourth-order valence-corrected chi connectivity index (χ4v) is 4.92. The molecule has 9 nitrogen and oxygen atoms in total. The molecule has 2 aromatic carbocycles. The summed E-state index contributed by atoms with van der Waals surface area (Å²) >= 11 is 6.65. The van der Waals surface area contributed by atoms with Gasteiger partial charge in [-0.25, -0.2) is 9.97 Å². The van der Waals surface area contributed by atoms with Gasteiger partial charge in [0.25, 0.3) is 0 Å². The van der Waals surface area contributed by atoms with Gasteiger partial charge in [0, 0.05) is 56.6 Å². The van der Waals surface area contributed by atoms with Crippen molar-refractivity contribution in [2.24, 2.45) is 7.05 Å².